The minimum absolute atomic E-state index is 0.266. The fraction of sp³-hybridized carbons (Fsp3) is 0.0667. The van der Waals surface area contributed by atoms with Crippen LogP contribution in [0.2, 0.25) is 5.02 Å². The van der Waals surface area contributed by atoms with Gasteiger partial charge in [-0.3, -0.25) is 10.1 Å². The number of carbonyl (C=O) groups excluding carboxylic acids is 1. The van der Waals surface area contributed by atoms with E-state index in [9.17, 15) is 4.79 Å². The van der Waals surface area contributed by atoms with Crippen molar-refractivity contribution < 1.29 is 4.79 Å². The van der Waals surface area contributed by atoms with Gasteiger partial charge in [-0.15, -0.1) is 0 Å². The van der Waals surface area contributed by atoms with Crippen LogP contribution in [0.4, 0.5) is 5.13 Å². The van der Waals surface area contributed by atoms with Crippen LogP contribution in [-0.2, 0) is 0 Å². The molecule has 0 radical (unpaired) electrons. The van der Waals surface area contributed by atoms with Gasteiger partial charge >= 0.3 is 0 Å². The number of fused-ring (bicyclic) bond motifs is 1. The molecule has 0 bridgehead atoms. The van der Waals surface area contributed by atoms with Crippen molar-refractivity contribution in [3.05, 3.63) is 57.0 Å². The lowest BCUT2D eigenvalue weighted by Crippen LogP contribution is -2.12. The van der Waals surface area contributed by atoms with E-state index in [2.05, 4.69) is 26.2 Å². The van der Waals surface area contributed by atoms with Gasteiger partial charge in [-0.25, -0.2) is 4.98 Å². The number of para-hydroxylation sites is 1. The van der Waals surface area contributed by atoms with E-state index in [1.807, 2.05) is 25.1 Å². The Balaban J connectivity index is 1.93. The predicted octanol–water partition coefficient (Wildman–Crippen LogP) is 5.27. The van der Waals surface area contributed by atoms with Crippen molar-refractivity contribution in [1.29, 1.82) is 0 Å². The number of nitrogens with zero attached hydrogens (tertiary/aromatic N) is 1. The molecule has 3 aromatic rings. The third-order valence-corrected chi connectivity index (χ3v) is 4.77. The van der Waals surface area contributed by atoms with E-state index in [4.69, 9.17) is 11.6 Å². The van der Waals surface area contributed by atoms with Crippen molar-refractivity contribution in [2.75, 3.05) is 5.32 Å². The van der Waals surface area contributed by atoms with Crippen molar-refractivity contribution >= 4 is 60.1 Å². The van der Waals surface area contributed by atoms with Crippen LogP contribution >= 0.6 is 38.9 Å². The van der Waals surface area contributed by atoms with E-state index < -0.39 is 0 Å². The minimum atomic E-state index is -0.266. The SMILES string of the molecule is Cc1cccc2sc(NC(=O)c3cc(Br)ccc3Cl)nc12. The van der Waals surface area contributed by atoms with Gasteiger partial charge in [-0.1, -0.05) is 51.0 Å². The van der Waals surface area contributed by atoms with Gasteiger partial charge in [0.05, 0.1) is 20.8 Å². The molecule has 21 heavy (non-hydrogen) atoms. The lowest BCUT2D eigenvalue weighted by atomic mass is 10.2. The summed E-state index contributed by atoms with van der Waals surface area (Å²) < 4.78 is 1.85. The molecule has 0 saturated carbocycles. The average Bonchev–Trinajstić information content (AvgIpc) is 2.85. The molecular formula is C15H10BrClN2OS. The van der Waals surface area contributed by atoms with Crippen LogP contribution in [0.5, 0.6) is 0 Å². The van der Waals surface area contributed by atoms with E-state index in [0.717, 1.165) is 20.3 Å². The van der Waals surface area contributed by atoms with E-state index in [0.29, 0.717) is 15.7 Å². The number of aromatic nitrogens is 1. The highest BCUT2D eigenvalue weighted by Crippen LogP contribution is 2.29. The van der Waals surface area contributed by atoms with Gasteiger partial charge in [0.15, 0.2) is 5.13 Å². The Morgan fingerprint density at radius 2 is 2.14 bits per heavy atom. The Morgan fingerprint density at radius 3 is 2.90 bits per heavy atom. The van der Waals surface area contributed by atoms with Crippen LogP contribution in [-0.4, -0.2) is 10.9 Å². The van der Waals surface area contributed by atoms with Gasteiger partial charge in [0, 0.05) is 4.47 Å². The highest BCUT2D eigenvalue weighted by atomic mass is 79.9. The Hall–Kier alpha value is -1.43. The molecule has 3 nitrogen and oxygen atoms in total. The van der Waals surface area contributed by atoms with Crippen LogP contribution < -0.4 is 5.32 Å². The standard InChI is InChI=1S/C15H10BrClN2OS/c1-8-3-2-4-12-13(8)18-15(21-12)19-14(20)10-7-9(16)5-6-11(10)17/h2-7H,1H3,(H,18,19,20). The van der Waals surface area contributed by atoms with Crippen molar-refractivity contribution in [3.8, 4) is 0 Å². The zero-order valence-electron chi connectivity index (χ0n) is 11.0. The molecular weight excluding hydrogens is 372 g/mol. The number of thiazole rings is 1. The number of hydrogen-bond donors (Lipinski definition) is 1. The first-order valence-corrected chi connectivity index (χ1v) is 8.16. The topological polar surface area (TPSA) is 42.0 Å². The van der Waals surface area contributed by atoms with Crippen LogP contribution in [0, 0.1) is 6.92 Å². The Labute approximate surface area is 139 Å². The third-order valence-electron chi connectivity index (χ3n) is 3.01. The second kappa shape index (κ2) is 5.75. The monoisotopic (exact) mass is 380 g/mol. The average molecular weight is 382 g/mol. The summed E-state index contributed by atoms with van der Waals surface area (Å²) in [7, 11) is 0. The summed E-state index contributed by atoms with van der Waals surface area (Å²) in [5.41, 5.74) is 2.42. The molecule has 0 spiro atoms. The summed E-state index contributed by atoms with van der Waals surface area (Å²) in [4.78, 5) is 16.8. The fourth-order valence-electron chi connectivity index (χ4n) is 1.98. The molecule has 0 atom stereocenters. The maximum absolute atomic E-state index is 12.3. The number of rotatable bonds is 2. The Morgan fingerprint density at radius 1 is 1.33 bits per heavy atom. The number of hydrogen-bond acceptors (Lipinski definition) is 3. The molecule has 1 amide bonds. The van der Waals surface area contributed by atoms with Gasteiger partial charge < -0.3 is 0 Å². The molecule has 0 saturated heterocycles. The van der Waals surface area contributed by atoms with Crippen molar-refractivity contribution in [3.63, 3.8) is 0 Å². The molecule has 6 heteroatoms. The quantitative estimate of drug-likeness (QED) is 0.657. The van der Waals surface area contributed by atoms with E-state index in [1.165, 1.54) is 11.3 Å². The van der Waals surface area contributed by atoms with Crippen LogP contribution in [0.25, 0.3) is 10.2 Å². The number of anilines is 1. The summed E-state index contributed by atoms with van der Waals surface area (Å²) in [5, 5.41) is 3.79. The number of amides is 1. The van der Waals surface area contributed by atoms with E-state index in [-0.39, 0.29) is 5.91 Å². The zero-order valence-corrected chi connectivity index (χ0v) is 14.1. The zero-order chi connectivity index (χ0) is 15.0. The van der Waals surface area contributed by atoms with Crippen molar-refractivity contribution in [2.24, 2.45) is 0 Å². The number of nitrogens with one attached hydrogen (secondary N) is 1. The first kappa shape index (κ1) is 14.5. The third kappa shape index (κ3) is 2.95. The summed E-state index contributed by atoms with van der Waals surface area (Å²) in [6.07, 6.45) is 0. The number of halogens is 2. The largest absolute Gasteiger partial charge is 0.298 e. The molecule has 1 N–H and O–H groups in total. The first-order valence-electron chi connectivity index (χ1n) is 6.17. The van der Waals surface area contributed by atoms with Crippen molar-refractivity contribution in [2.45, 2.75) is 6.92 Å². The van der Waals surface area contributed by atoms with Crippen molar-refractivity contribution in [1.82, 2.24) is 4.98 Å². The second-order valence-electron chi connectivity index (χ2n) is 4.52. The lowest BCUT2D eigenvalue weighted by Gasteiger charge is -2.04. The smallest absolute Gasteiger partial charge is 0.258 e. The second-order valence-corrected chi connectivity index (χ2v) is 6.87. The van der Waals surface area contributed by atoms with Gasteiger partial charge in [0.25, 0.3) is 5.91 Å². The molecule has 0 aliphatic heterocycles. The van der Waals surface area contributed by atoms with Gasteiger partial charge in [-0.05, 0) is 36.8 Å². The molecule has 106 valence electrons. The van der Waals surface area contributed by atoms with Crippen LogP contribution in [0.3, 0.4) is 0 Å². The fourth-order valence-corrected chi connectivity index (χ4v) is 3.48. The summed E-state index contributed by atoms with van der Waals surface area (Å²) >= 11 is 10.8. The van der Waals surface area contributed by atoms with Gasteiger partial charge in [0.2, 0.25) is 0 Å². The summed E-state index contributed by atoms with van der Waals surface area (Å²) in [5.74, 6) is -0.266. The normalized spacial score (nSPS) is 10.8. The number of benzene rings is 2. The van der Waals surface area contributed by atoms with Gasteiger partial charge in [0.1, 0.15) is 0 Å². The number of carbonyl (C=O) groups is 1. The lowest BCUT2D eigenvalue weighted by molar-refractivity contribution is 0.102. The molecule has 3 rings (SSSR count). The van der Waals surface area contributed by atoms with Crippen LogP contribution in [0.15, 0.2) is 40.9 Å². The highest BCUT2D eigenvalue weighted by Gasteiger charge is 2.14. The maximum atomic E-state index is 12.3. The highest BCUT2D eigenvalue weighted by molar-refractivity contribution is 9.10. The molecule has 0 aliphatic rings. The van der Waals surface area contributed by atoms with Crippen LogP contribution in [0.1, 0.15) is 15.9 Å². The van der Waals surface area contributed by atoms with E-state index >= 15 is 0 Å². The number of aryl methyl sites for hydroxylation is 1. The molecule has 0 fully saturated rings. The Kier molecular flexibility index (Phi) is 3.97. The first-order chi connectivity index (χ1) is 10.0. The summed E-state index contributed by atoms with van der Waals surface area (Å²) in [6, 6.07) is 11.1. The molecule has 1 aromatic heterocycles. The molecule has 0 aliphatic carbocycles. The molecule has 1 heterocycles. The maximum Gasteiger partial charge on any atom is 0.258 e. The molecule has 0 unspecified atom stereocenters. The minimum Gasteiger partial charge on any atom is -0.298 e. The van der Waals surface area contributed by atoms with E-state index in [1.54, 1.807) is 18.2 Å². The van der Waals surface area contributed by atoms with Gasteiger partial charge in [-0.2, -0.15) is 0 Å². The Bertz CT molecular complexity index is 847. The molecule has 2 aromatic carbocycles. The predicted molar refractivity (Wildman–Crippen MR) is 91.5 cm³/mol. The summed E-state index contributed by atoms with van der Waals surface area (Å²) in [6.45, 7) is 2.00.